The maximum Gasteiger partial charge on any atom is 0.307 e. The highest BCUT2D eigenvalue weighted by molar-refractivity contribution is 7.91. The minimum absolute atomic E-state index is 0.0331. The fraction of sp³-hybridized carbons (Fsp3) is 0.659. The number of methoxy groups -OCH3 is 1. The van der Waals surface area contributed by atoms with Gasteiger partial charge in [0.1, 0.15) is 29.1 Å². The molecule has 0 spiro atoms. The Kier molecular flexibility index (Phi) is 12.9. The third-order valence-corrected chi connectivity index (χ3v) is 15.5. The molecule has 61 heavy (non-hydrogen) atoms. The number of Topliss-reactive ketones (excluding diaryl/α,β-unsaturated/α-hetero) is 1. The normalized spacial score (nSPS) is 28.7. The van der Waals surface area contributed by atoms with E-state index < -0.39 is 105 Å². The first kappa shape index (κ1) is 46.1. The summed E-state index contributed by atoms with van der Waals surface area (Å²) in [5.41, 5.74) is -3.65. The van der Waals surface area contributed by atoms with Gasteiger partial charge in [-0.3, -0.25) is 23.9 Å². The Hall–Kier alpha value is -4.41. The van der Waals surface area contributed by atoms with Crippen molar-refractivity contribution >= 4 is 50.2 Å². The van der Waals surface area contributed by atoms with Crippen molar-refractivity contribution in [2.24, 2.45) is 29.1 Å². The number of aromatic nitrogens is 1. The van der Waals surface area contributed by atoms with Gasteiger partial charge in [0.15, 0.2) is 11.4 Å². The predicted octanol–water partition coefficient (Wildman–Crippen LogP) is 6.57. The number of amides is 2. The maximum atomic E-state index is 15.0. The summed E-state index contributed by atoms with van der Waals surface area (Å²) in [6.07, 6.45) is 3.96. The lowest BCUT2D eigenvalue weighted by atomic mass is 9.82. The summed E-state index contributed by atoms with van der Waals surface area (Å²) < 4.78 is 87.2. The summed E-state index contributed by atoms with van der Waals surface area (Å²) in [5.74, 6) is -6.97. The molecule has 7 atom stereocenters. The molecule has 4 aliphatic rings. The number of hydrogen-bond acceptors (Lipinski definition) is 11. The van der Waals surface area contributed by atoms with Gasteiger partial charge < -0.3 is 24.0 Å². The molecule has 2 aliphatic heterocycles. The van der Waals surface area contributed by atoms with Crippen molar-refractivity contribution in [1.82, 2.24) is 14.6 Å². The molecule has 2 aliphatic carbocycles. The van der Waals surface area contributed by atoms with Crippen LogP contribution in [0.5, 0.6) is 11.6 Å². The number of nitrogens with zero attached hydrogens (tertiary/aromatic N) is 3. The molecule has 0 unspecified atom stereocenters. The Bertz CT molecular complexity index is 2170. The molecular weight excluding hydrogens is 818 g/mol. The van der Waals surface area contributed by atoms with Crippen molar-refractivity contribution in [2.75, 3.05) is 39.3 Å². The van der Waals surface area contributed by atoms with E-state index in [0.717, 1.165) is 19.2 Å². The largest absolute Gasteiger partial charge is 0.497 e. The number of carbonyl (C=O) groups excluding carboxylic acids is 4. The zero-order valence-corrected chi connectivity index (χ0v) is 37.1. The number of carbonyl (C=O) groups is 4. The van der Waals surface area contributed by atoms with Crippen LogP contribution in [0.3, 0.4) is 0 Å². The molecule has 336 valence electrons. The van der Waals surface area contributed by atoms with Gasteiger partial charge in [-0.2, -0.15) is 4.98 Å². The Balaban J connectivity index is 1.38. The van der Waals surface area contributed by atoms with Crippen LogP contribution < -0.4 is 19.1 Å². The number of halogens is 3. The Morgan fingerprint density at radius 2 is 1.79 bits per heavy atom. The van der Waals surface area contributed by atoms with Crippen LogP contribution in [0, 0.1) is 29.1 Å². The smallest absolute Gasteiger partial charge is 0.307 e. The van der Waals surface area contributed by atoms with Crippen molar-refractivity contribution in [3.8, 4) is 11.6 Å². The van der Waals surface area contributed by atoms with Crippen LogP contribution in [0.4, 0.5) is 19.0 Å². The van der Waals surface area contributed by atoms with Crippen LogP contribution in [0.25, 0.3) is 10.8 Å². The van der Waals surface area contributed by atoms with Gasteiger partial charge in [0.25, 0.3) is 5.92 Å². The zero-order valence-electron chi connectivity index (χ0n) is 36.3. The van der Waals surface area contributed by atoms with E-state index in [9.17, 15) is 36.0 Å². The molecule has 2 saturated carbocycles. The quantitative estimate of drug-likeness (QED) is 0.182. The van der Waals surface area contributed by atoms with Gasteiger partial charge >= 0.3 is 5.97 Å². The van der Waals surface area contributed by atoms with Gasteiger partial charge in [-0.25, -0.2) is 21.6 Å². The molecule has 2 amide bonds. The highest BCUT2D eigenvalue weighted by Gasteiger charge is 2.63. The third-order valence-electron chi connectivity index (χ3n) is 13.4. The van der Waals surface area contributed by atoms with Gasteiger partial charge in [0, 0.05) is 39.2 Å². The van der Waals surface area contributed by atoms with E-state index in [2.05, 4.69) is 4.72 Å². The number of sulfonamides is 1. The van der Waals surface area contributed by atoms with Crippen molar-refractivity contribution in [3.63, 3.8) is 0 Å². The van der Waals surface area contributed by atoms with Crippen LogP contribution in [-0.2, 0) is 33.9 Å². The molecule has 1 aromatic heterocycles. The summed E-state index contributed by atoms with van der Waals surface area (Å²) in [5, 5.41) is 1.39. The van der Waals surface area contributed by atoms with Crippen molar-refractivity contribution in [3.05, 3.63) is 36.4 Å². The van der Waals surface area contributed by atoms with Gasteiger partial charge in [0.2, 0.25) is 27.7 Å². The monoisotopic (exact) mass is 876 g/mol. The van der Waals surface area contributed by atoms with E-state index in [1.54, 1.807) is 24.1 Å². The van der Waals surface area contributed by atoms with E-state index in [1.807, 2.05) is 52.2 Å². The Morgan fingerprint density at radius 3 is 2.41 bits per heavy atom. The standard InChI is InChI=1S/C44H59F3N4O9S/c1-26-11-9-10-12-29-22-44(29,40(55)49-61(56,57)43(25-45)15-16-43)23-35(52)34-20-31(59-38-32-14-13-30(58-8)18-28(32)19-36(48-38)50(6)7)24-51(34)39(54)33(27(2)17-26)21-37(53)60-41(3,4)42(5,46)47/h10,12-14,18-19,26-27,29,31,33-34H,9,11,15-17,20-25H2,1-8H3,(H,49,55)/b12-10-/t26-,27+,29+,31+,33-,34-,44+/m0/s1. The van der Waals surface area contributed by atoms with Gasteiger partial charge in [0.05, 0.1) is 37.5 Å². The second-order valence-corrected chi connectivity index (χ2v) is 20.7. The van der Waals surface area contributed by atoms with Crippen LogP contribution in [0.2, 0.25) is 0 Å². The number of benzene rings is 1. The number of fused-ring (bicyclic) bond motifs is 3. The van der Waals surface area contributed by atoms with Crippen LogP contribution in [0.1, 0.15) is 92.4 Å². The third kappa shape index (κ3) is 9.51. The molecule has 3 fully saturated rings. The number of pyridine rings is 1. The number of allylic oxidation sites excluding steroid dienone is 2. The van der Waals surface area contributed by atoms with Gasteiger partial charge in [-0.05, 0) is 99.8 Å². The molecule has 6 rings (SSSR count). The molecule has 1 N–H and O–H groups in total. The maximum absolute atomic E-state index is 15.0. The number of hydrogen-bond donors (Lipinski definition) is 1. The zero-order chi connectivity index (χ0) is 44.9. The van der Waals surface area contributed by atoms with E-state index >= 15 is 4.79 Å². The van der Waals surface area contributed by atoms with Crippen molar-refractivity contribution in [1.29, 1.82) is 0 Å². The number of alkyl halides is 3. The summed E-state index contributed by atoms with van der Waals surface area (Å²) in [6.45, 7) is 5.40. The minimum atomic E-state index is -4.40. The van der Waals surface area contributed by atoms with E-state index in [1.165, 1.54) is 4.90 Å². The first-order valence-electron chi connectivity index (χ1n) is 21.0. The average Bonchev–Trinajstić information content (AvgIpc) is 4.08. The fourth-order valence-corrected chi connectivity index (χ4v) is 10.1. The van der Waals surface area contributed by atoms with Crippen LogP contribution >= 0.6 is 0 Å². The average molecular weight is 877 g/mol. The summed E-state index contributed by atoms with van der Waals surface area (Å²) in [4.78, 5) is 65.2. The molecule has 13 nitrogen and oxygen atoms in total. The van der Waals surface area contributed by atoms with Gasteiger partial charge in [-0.1, -0.05) is 26.0 Å². The SMILES string of the molecule is COc1ccc2c(O[C@@H]3C[C@H]4C(=O)C[C@]5(C(=O)NS(=O)(=O)C6(CF)CC6)C[C@H]5/C=C\CC[C@H](C)C[C@@H](C)[C@H](CC(=O)OC(C)(C)C(C)(F)F)C(=O)N4C3)nc(N(C)C)cc2c1. The second-order valence-electron chi connectivity index (χ2n) is 18.6. The molecule has 3 heterocycles. The van der Waals surface area contributed by atoms with Crippen molar-refractivity contribution < 1.29 is 55.0 Å². The van der Waals surface area contributed by atoms with E-state index in [0.29, 0.717) is 43.1 Å². The summed E-state index contributed by atoms with van der Waals surface area (Å²) >= 11 is 0. The molecule has 1 aromatic carbocycles. The van der Waals surface area contributed by atoms with Crippen LogP contribution in [0.15, 0.2) is 36.4 Å². The molecule has 1 saturated heterocycles. The summed E-state index contributed by atoms with van der Waals surface area (Å²) in [7, 11) is 0.782. The molecular formula is C44H59F3N4O9S. The molecule has 17 heteroatoms. The van der Waals surface area contributed by atoms with Gasteiger partial charge in [-0.15, -0.1) is 0 Å². The van der Waals surface area contributed by atoms with E-state index in [-0.39, 0.29) is 44.0 Å². The lowest BCUT2D eigenvalue weighted by Crippen LogP contribution is -2.49. The number of rotatable bonds is 12. The highest BCUT2D eigenvalue weighted by atomic mass is 32.2. The van der Waals surface area contributed by atoms with E-state index in [4.69, 9.17) is 19.2 Å². The predicted molar refractivity (Wildman–Crippen MR) is 223 cm³/mol. The first-order chi connectivity index (χ1) is 28.5. The fourth-order valence-electron chi connectivity index (χ4n) is 8.63. The second kappa shape index (κ2) is 17.0. The Morgan fingerprint density at radius 1 is 1.08 bits per heavy atom. The lowest BCUT2D eigenvalue weighted by Gasteiger charge is -2.34. The number of ether oxygens (including phenoxy) is 3. The lowest BCUT2D eigenvalue weighted by molar-refractivity contribution is -0.197. The van der Waals surface area contributed by atoms with Crippen LogP contribution in [-0.4, -0.2) is 105 Å². The topological polar surface area (TPSA) is 162 Å². The number of anilines is 1. The first-order valence-corrected chi connectivity index (χ1v) is 22.5. The minimum Gasteiger partial charge on any atom is -0.497 e. The Labute approximate surface area is 356 Å². The molecule has 0 radical (unpaired) electrons. The summed E-state index contributed by atoms with van der Waals surface area (Å²) in [6, 6.07) is 6.05. The molecule has 0 bridgehead atoms. The number of nitrogens with one attached hydrogen (secondary N) is 1. The number of ketones is 1. The highest BCUT2D eigenvalue weighted by Crippen LogP contribution is 2.58. The van der Waals surface area contributed by atoms with Crippen molar-refractivity contribution in [2.45, 2.75) is 121 Å². The number of esters is 1. The molecule has 2 aromatic rings.